The van der Waals surface area contributed by atoms with Crippen molar-refractivity contribution in [1.29, 1.82) is 15.8 Å². The van der Waals surface area contributed by atoms with Crippen molar-refractivity contribution in [2.45, 2.75) is 6.92 Å². The smallest absolute Gasteiger partial charge is 0.340 e. The Bertz CT molecular complexity index is 716. The molecule has 0 unspecified atom stereocenters. The summed E-state index contributed by atoms with van der Waals surface area (Å²) >= 11 is 0. The minimum Gasteiger partial charge on any atom is -0.478 e. The van der Waals surface area contributed by atoms with Crippen LogP contribution in [-0.2, 0) is 0 Å². The highest BCUT2D eigenvalue weighted by molar-refractivity contribution is 5.96. The van der Waals surface area contributed by atoms with Crippen molar-refractivity contribution in [2.75, 3.05) is 5.32 Å². The Morgan fingerprint density at radius 3 is 2.30 bits per heavy atom. The van der Waals surface area contributed by atoms with Gasteiger partial charge < -0.3 is 10.4 Å². The van der Waals surface area contributed by atoms with Crippen LogP contribution in [0.5, 0.6) is 0 Å². The second-order valence-corrected chi connectivity index (χ2v) is 3.63. The number of allylic oxidation sites excluding steroid dienone is 2. The van der Waals surface area contributed by atoms with E-state index in [-0.39, 0.29) is 5.69 Å². The van der Waals surface area contributed by atoms with E-state index in [2.05, 4.69) is 5.32 Å². The van der Waals surface area contributed by atoms with Crippen LogP contribution in [0, 0.1) is 46.7 Å². The molecule has 0 spiro atoms. The molecule has 0 saturated heterocycles. The number of rotatable bonds is 3. The van der Waals surface area contributed by atoms with Crippen LogP contribution < -0.4 is 5.32 Å². The minimum atomic E-state index is -1.53. The number of halogens is 1. The summed E-state index contributed by atoms with van der Waals surface area (Å²) in [6.45, 7) is 1.50. The molecule has 0 aliphatic carbocycles. The Balaban J connectivity index is 3.52. The molecule has 98 valence electrons. The lowest BCUT2D eigenvalue weighted by molar-refractivity contribution is 0.0693. The van der Waals surface area contributed by atoms with Gasteiger partial charge in [0.05, 0.1) is 5.69 Å². The van der Waals surface area contributed by atoms with Crippen molar-refractivity contribution in [2.24, 2.45) is 0 Å². The van der Waals surface area contributed by atoms with Gasteiger partial charge in [0.15, 0.2) is 5.57 Å². The largest absolute Gasteiger partial charge is 0.478 e. The summed E-state index contributed by atoms with van der Waals surface area (Å²) < 4.78 is 13.6. The molecule has 0 aromatic heterocycles. The zero-order chi connectivity index (χ0) is 15.3. The fraction of sp³-hybridized carbons (Fsp3) is 0.0769. The van der Waals surface area contributed by atoms with Crippen LogP contribution in [0.2, 0.25) is 0 Å². The highest BCUT2D eigenvalue weighted by atomic mass is 19.1. The molecule has 0 heterocycles. The lowest BCUT2D eigenvalue weighted by atomic mass is 10.1. The third-order valence-corrected chi connectivity index (χ3v) is 2.41. The van der Waals surface area contributed by atoms with E-state index in [0.29, 0.717) is 5.56 Å². The maximum atomic E-state index is 13.6. The number of carboxylic acid groups (broad SMARTS) is 1. The lowest BCUT2D eigenvalue weighted by Crippen LogP contribution is -2.10. The molecule has 0 fully saturated rings. The predicted octanol–water partition coefficient (Wildman–Crippen LogP) is 2.07. The maximum Gasteiger partial charge on any atom is 0.340 e. The molecule has 1 aromatic carbocycles. The summed E-state index contributed by atoms with van der Waals surface area (Å²) in [4.78, 5) is 11.1. The van der Waals surface area contributed by atoms with E-state index in [1.807, 2.05) is 0 Å². The summed E-state index contributed by atoms with van der Waals surface area (Å²) in [5.74, 6) is -2.51. The number of carbonyl (C=O) groups is 1. The number of aryl methyl sites for hydroxylation is 1. The highest BCUT2D eigenvalue weighted by Gasteiger charge is 2.19. The van der Waals surface area contributed by atoms with E-state index < -0.39 is 28.6 Å². The number of nitriles is 3. The zero-order valence-electron chi connectivity index (χ0n) is 10.2. The van der Waals surface area contributed by atoms with Crippen LogP contribution in [0.1, 0.15) is 15.9 Å². The molecule has 0 aliphatic rings. The van der Waals surface area contributed by atoms with Crippen molar-refractivity contribution in [3.8, 4) is 18.2 Å². The van der Waals surface area contributed by atoms with Crippen molar-refractivity contribution in [3.63, 3.8) is 0 Å². The van der Waals surface area contributed by atoms with Crippen LogP contribution in [0.15, 0.2) is 23.4 Å². The summed E-state index contributed by atoms with van der Waals surface area (Å²) in [5.41, 5.74) is -1.43. The van der Waals surface area contributed by atoms with Crippen molar-refractivity contribution >= 4 is 11.7 Å². The number of anilines is 1. The Kier molecular flexibility index (Phi) is 4.40. The van der Waals surface area contributed by atoms with Crippen molar-refractivity contribution in [1.82, 2.24) is 0 Å². The lowest BCUT2D eigenvalue weighted by Gasteiger charge is -2.12. The molecular formula is C13H7FN4O2. The number of hydrogen-bond donors (Lipinski definition) is 2. The van der Waals surface area contributed by atoms with Gasteiger partial charge in [-0.25, -0.2) is 9.18 Å². The molecule has 0 saturated carbocycles. The van der Waals surface area contributed by atoms with Gasteiger partial charge in [0.2, 0.25) is 0 Å². The van der Waals surface area contributed by atoms with Crippen LogP contribution >= 0.6 is 0 Å². The quantitative estimate of drug-likeness (QED) is 0.811. The Morgan fingerprint density at radius 2 is 1.85 bits per heavy atom. The van der Waals surface area contributed by atoms with E-state index in [0.717, 1.165) is 6.07 Å². The van der Waals surface area contributed by atoms with Crippen LogP contribution in [0.25, 0.3) is 0 Å². The zero-order valence-corrected chi connectivity index (χ0v) is 10.2. The fourth-order valence-corrected chi connectivity index (χ4v) is 1.46. The van der Waals surface area contributed by atoms with E-state index in [1.165, 1.54) is 25.1 Å². The summed E-state index contributed by atoms with van der Waals surface area (Å²) in [7, 11) is 0. The molecule has 0 amide bonds. The first-order valence-corrected chi connectivity index (χ1v) is 5.20. The van der Waals surface area contributed by atoms with Crippen LogP contribution in [-0.4, -0.2) is 11.1 Å². The molecule has 1 aromatic rings. The number of aromatic carboxylic acids is 1. The van der Waals surface area contributed by atoms with Crippen LogP contribution in [0.3, 0.4) is 0 Å². The van der Waals surface area contributed by atoms with Gasteiger partial charge in [0, 0.05) is 0 Å². The van der Waals surface area contributed by atoms with Gasteiger partial charge >= 0.3 is 5.97 Å². The number of nitrogens with zero attached hydrogens (tertiary/aromatic N) is 3. The van der Waals surface area contributed by atoms with Gasteiger partial charge in [-0.3, -0.25) is 0 Å². The summed E-state index contributed by atoms with van der Waals surface area (Å²) in [6, 6.07) is 6.87. The highest BCUT2D eigenvalue weighted by Crippen LogP contribution is 2.25. The number of benzene rings is 1. The second-order valence-electron chi connectivity index (χ2n) is 3.63. The first-order chi connectivity index (χ1) is 9.46. The molecule has 0 atom stereocenters. The van der Waals surface area contributed by atoms with Gasteiger partial charge in [-0.1, -0.05) is 6.07 Å². The standard InChI is InChI=1S/C13H7FN4O2/c1-7-2-3-9(14)11(13(19)20)12(7)18-10(6-17)8(4-15)5-16/h2-3,18H,1H3,(H,19,20). The SMILES string of the molecule is Cc1ccc(F)c(C(=O)O)c1NC(C#N)=C(C#N)C#N. The Hall–Kier alpha value is -3.37. The first kappa shape index (κ1) is 14.7. The van der Waals surface area contributed by atoms with E-state index in [4.69, 9.17) is 20.9 Å². The molecule has 1 rings (SSSR count). The van der Waals surface area contributed by atoms with Crippen LogP contribution in [0.4, 0.5) is 10.1 Å². The first-order valence-electron chi connectivity index (χ1n) is 5.20. The second kappa shape index (κ2) is 5.99. The van der Waals surface area contributed by atoms with Crippen molar-refractivity contribution < 1.29 is 14.3 Å². The molecule has 2 N–H and O–H groups in total. The molecule has 0 radical (unpaired) electrons. The van der Waals surface area contributed by atoms with Crippen molar-refractivity contribution in [3.05, 3.63) is 40.3 Å². The summed E-state index contributed by atoms with van der Waals surface area (Å²) in [5, 5.41) is 37.6. The molecule has 0 bridgehead atoms. The third kappa shape index (κ3) is 2.72. The molecular weight excluding hydrogens is 263 g/mol. The van der Waals surface area contributed by atoms with E-state index >= 15 is 0 Å². The average molecular weight is 270 g/mol. The Labute approximate surface area is 113 Å². The molecule has 20 heavy (non-hydrogen) atoms. The van der Waals surface area contributed by atoms with Gasteiger partial charge in [-0.15, -0.1) is 0 Å². The van der Waals surface area contributed by atoms with Gasteiger partial charge in [0.1, 0.15) is 35.3 Å². The molecule has 6 nitrogen and oxygen atoms in total. The average Bonchev–Trinajstić information content (AvgIpc) is 2.42. The Morgan fingerprint density at radius 1 is 1.25 bits per heavy atom. The maximum absolute atomic E-state index is 13.6. The molecule has 7 heteroatoms. The number of hydrogen-bond acceptors (Lipinski definition) is 5. The van der Waals surface area contributed by atoms with Gasteiger partial charge in [0.25, 0.3) is 0 Å². The predicted molar refractivity (Wildman–Crippen MR) is 65.6 cm³/mol. The minimum absolute atomic E-state index is 0.169. The topological polar surface area (TPSA) is 121 Å². The van der Waals surface area contributed by atoms with E-state index in [1.54, 1.807) is 6.07 Å². The normalized spacial score (nSPS) is 8.75. The molecule has 0 aliphatic heterocycles. The fourth-order valence-electron chi connectivity index (χ4n) is 1.46. The third-order valence-electron chi connectivity index (χ3n) is 2.41. The van der Waals surface area contributed by atoms with Gasteiger partial charge in [-0.2, -0.15) is 15.8 Å². The van der Waals surface area contributed by atoms with E-state index in [9.17, 15) is 9.18 Å². The summed E-state index contributed by atoms with van der Waals surface area (Å²) in [6.07, 6.45) is 0. The number of nitrogens with one attached hydrogen (secondary N) is 1. The monoisotopic (exact) mass is 270 g/mol. The van der Waals surface area contributed by atoms with Gasteiger partial charge in [-0.05, 0) is 18.6 Å². The number of carboxylic acids is 1.